The predicted molar refractivity (Wildman–Crippen MR) is 112 cm³/mol. The molecule has 2 rings (SSSR count). The van der Waals surface area contributed by atoms with E-state index in [1.54, 1.807) is 20.8 Å². The van der Waals surface area contributed by atoms with Crippen LogP contribution in [0.5, 0.6) is 0 Å². The molecule has 33 heavy (non-hydrogen) atoms. The Labute approximate surface area is 205 Å². The SMILES string of the molecule is CC(C)(C)OC(=O)N[C@@H](CC1C=CC=CC1)C(=O)OCc1ccccc1.[C-]#[O+].[C-]#[O+].[C-]#[O+].[Fe]. The fraction of sp³-hybridized carbons (Fsp3) is 0.375. The summed E-state index contributed by atoms with van der Waals surface area (Å²) < 4.78 is 33.2. The molecule has 1 aliphatic rings. The first-order valence-corrected chi connectivity index (χ1v) is 9.48. The Morgan fingerprint density at radius 2 is 1.64 bits per heavy atom. The number of hydrogen-bond donors (Lipinski definition) is 1. The minimum Gasteiger partial charge on any atom is 0 e. The molecule has 0 bridgehead atoms. The van der Waals surface area contributed by atoms with Gasteiger partial charge in [0.25, 0.3) is 0 Å². The first-order chi connectivity index (χ1) is 15.3. The summed E-state index contributed by atoms with van der Waals surface area (Å²) in [5.74, 6) is -0.285. The van der Waals surface area contributed by atoms with Gasteiger partial charge in [-0.25, -0.2) is 9.59 Å². The van der Waals surface area contributed by atoms with E-state index in [-0.39, 0.29) is 29.6 Å². The van der Waals surface area contributed by atoms with Crippen LogP contribution in [0, 0.1) is 25.9 Å². The van der Waals surface area contributed by atoms with E-state index < -0.39 is 23.7 Å². The Morgan fingerprint density at radius 3 is 2.12 bits per heavy atom. The van der Waals surface area contributed by atoms with E-state index in [1.165, 1.54) is 0 Å². The van der Waals surface area contributed by atoms with Crippen molar-refractivity contribution in [2.24, 2.45) is 5.92 Å². The maximum absolute atomic E-state index is 12.6. The van der Waals surface area contributed by atoms with E-state index in [0.717, 1.165) is 12.0 Å². The molecule has 0 saturated carbocycles. The molecule has 0 saturated heterocycles. The van der Waals surface area contributed by atoms with Crippen molar-refractivity contribution in [1.29, 1.82) is 0 Å². The van der Waals surface area contributed by atoms with Crippen LogP contribution in [0.25, 0.3) is 0 Å². The van der Waals surface area contributed by atoms with Crippen molar-refractivity contribution in [2.75, 3.05) is 0 Å². The van der Waals surface area contributed by atoms with Gasteiger partial charge in [-0.15, -0.1) is 0 Å². The summed E-state index contributed by atoms with van der Waals surface area (Å²) in [4.78, 5) is 24.7. The maximum Gasteiger partial charge on any atom is 0 e. The predicted octanol–water partition coefficient (Wildman–Crippen LogP) is 4.03. The molecule has 1 amide bonds. The van der Waals surface area contributed by atoms with Crippen LogP contribution < -0.4 is 5.32 Å². The fourth-order valence-electron chi connectivity index (χ4n) is 2.60. The standard InChI is InChI=1S/C21H27NO4.3CO.Fe/c1-21(2,3)26-20(24)22-18(14-16-10-6-4-7-11-16)19(23)25-15-17-12-8-5-9-13-17;3*1-2;/h4-10,12-13,16,18H,11,14-15H2,1-3H3,(H,22,24);;;;/t16?,18-;;;;/m0..../s1. The number of carbonyl (C=O) groups excluding carboxylic acids is 2. The number of rotatable bonds is 6. The van der Waals surface area contributed by atoms with Crippen LogP contribution in [0.2, 0.25) is 0 Å². The van der Waals surface area contributed by atoms with Crippen LogP contribution in [0.3, 0.4) is 0 Å². The topological polar surface area (TPSA) is 124 Å². The third-order valence-corrected chi connectivity index (χ3v) is 3.81. The van der Waals surface area contributed by atoms with Gasteiger partial charge in [0.1, 0.15) is 18.2 Å². The molecular formula is C24H27FeNO7. The molecule has 0 spiro atoms. The molecular weight excluding hydrogens is 470 g/mol. The van der Waals surface area contributed by atoms with Crippen LogP contribution in [0.4, 0.5) is 4.79 Å². The second-order valence-corrected chi connectivity index (χ2v) is 7.34. The zero-order valence-electron chi connectivity index (χ0n) is 18.7. The fourth-order valence-corrected chi connectivity index (χ4v) is 2.60. The molecule has 178 valence electrons. The Hall–Kier alpha value is -2.82. The van der Waals surface area contributed by atoms with Gasteiger partial charge in [0, 0.05) is 17.1 Å². The zero-order chi connectivity index (χ0) is 25.0. The first kappa shape index (κ1) is 34.8. The summed E-state index contributed by atoms with van der Waals surface area (Å²) in [6.07, 6.45) is 8.69. The number of carbonyl (C=O) groups is 2. The molecule has 0 radical (unpaired) electrons. The van der Waals surface area contributed by atoms with E-state index in [9.17, 15) is 9.59 Å². The average molecular weight is 497 g/mol. The molecule has 1 aromatic carbocycles. The van der Waals surface area contributed by atoms with Crippen LogP contribution >= 0.6 is 0 Å². The van der Waals surface area contributed by atoms with Crippen LogP contribution in [0.1, 0.15) is 39.2 Å². The summed E-state index contributed by atoms with van der Waals surface area (Å²) in [5, 5.41) is 2.66. The Bertz CT molecular complexity index is 778. The number of amides is 1. The van der Waals surface area contributed by atoms with Crippen molar-refractivity contribution in [3.05, 3.63) is 80.2 Å². The number of esters is 1. The molecule has 1 unspecified atom stereocenters. The van der Waals surface area contributed by atoms with Gasteiger partial charge in [0.15, 0.2) is 0 Å². The molecule has 1 N–H and O–H groups in total. The van der Waals surface area contributed by atoms with Gasteiger partial charge < -0.3 is 14.8 Å². The molecule has 0 aliphatic heterocycles. The summed E-state index contributed by atoms with van der Waals surface area (Å²) >= 11 is 0. The van der Waals surface area contributed by atoms with Crippen molar-refractivity contribution in [3.63, 3.8) is 0 Å². The zero-order valence-corrected chi connectivity index (χ0v) is 19.8. The van der Waals surface area contributed by atoms with Crippen molar-refractivity contribution in [1.82, 2.24) is 5.32 Å². The molecule has 8 nitrogen and oxygen atoms in total. The van der Waals surface area contributed by atoms with Gasteiger partial charge in [0.2, 0.25) is 0 Å². The molecule has 9 heteroatoms. The second-order valence-electron chi connectivity index (χ2n) is 7.34. The van der Waals surface area contributed by atoms with Crippen LogP contribution in [-0.4, -0.2) is 23.7 Å². The van der Waals surface area contributed by atoms with E-state index >= 15 is 0 Å². The van der Waals surface area contributed by atoms with Crippen molar-refractivity contribution in [2.45, 2.75) is 51.9 Å². The van der Waals surface area contributed by atoms with E-state index in [2.05, 4.69) is 25.3 Å². The largest absolute Gasteiger partial charge is 0 e. The second kappa shape index (κ2) is 21.0. The summed E-state index contributed by atoms with van der Waals surface area (Å²) in [5.41, 5.74) is 0.271. The van der Waals surface area contributed by atoms with Crippen LogP contribution in [0.15, 0.2) is 54.6 Å². The van der Waals surface area contributed by atoms with Gasteiger partial charge in [-0.2, -0.15) is 0 Å². The summed E-state index contributed by atoms with van der Waals surface area (Å²) in [6, 6.07) is 8.70. The first-order valence-electron chi connectivity index (χ1n) is 9.48. The molecule has 2 atom stereocenters. The van der Waals surface area contributed by atoms with Crippen molar-refractivity contribution in [3.8, 4) is 0 Å². The minimum absolute atomic E-state index is 0. The quantitative estimate of drug-likeness (QED) is 0.276. The molecule has 1 aromatic rings. The number of ether oxygens (including phenoxy) is 2. The third kappa shape index (κ3) is 17.4. The van der Waals surface area contributed by atoms with Crippen molar-refractivity contribution < 1.29 is 50.1 Å². The van der Waals surface area contributed by atoms with E-state index in [1.807, 2.05) is 54.6 Å². The number of alkyl carbamates (subject to hydrolysis) is 1. The Morgan fingerprint density at radius 1 is 1.06 bits per heavy atom. The Balaban J connectivity index is -0.00000119. The smallest absolute Gasteiger partial charge is 0 e. The van der Waals surface area contributed by atoms with Gasteiger partial charge in [-0.05, 0) is 45.1 Å². The minimum atomic E-state index is -0.755. The number of allylic oxidation sites excluding steroid dienone is 4. The number of nitrogens with one attached hydrogen (secondary N) is 1. The van der Waals surface area contributed by atoms with E-state index in [0.29, 0.717) is 6.42 Å². The molecule has 0 fully saturated rings. The summed E-state index contributed by atoms with van der Waals surface area (Å²) in [7, 11) is 0. The normalized spacial score (nSPS) is 13.9. The van der Waals surface area contributed by atoms with Crippen molar-refractivity contribution >= 4 is 12.1 Å². The molecule has 1 aliphatic carbocycles. The molecule has 0 heterocycles. The van der Waals surface area contributed by atoms with Gasteiger partial charge in [-0.1, -0.05) is 54.6 Å². The number of benzene rings is 1. The van der Waals surface area contributed by atoms with Gasteiger partial charge >= 0.3 is 46.0 Å². The van der Waals surface area contributed by atoms with Gasteiger partial charge in [0.05, 0.1) is 0 Å². The third-order valence-electron chi connectivity index (χ3n) is 3.81. The summed E-state index contributed by atoms with van der Waals surface area (Å²) in [6.45, 7) is 19.0. The van der Waals surface area contributed by atoms with Gasteiger partial charge in [-0.3, -0.25) is 0 Å². The number of hydrogen-bond acceptors (Lipinski definition) is 4. The van der Waals surface area contributed by atoms with Crippen LogP contribution in [-0.2, 0) is 51.9 Å². The Kier molecular flexibility index (Phi) is 22.2. The molecule has 0 aromatic heterocycles. The van der Waals surface area contributed by atoms with E-state index in [4.69, 9.17) is 23.4 Å². The maximum atomic E-state index is 12.6. The monoisotopic (exact) mass is 497 g/mol. The average Bonchev–Trinajstić information content (AvgIpc) is 2.81.